The number of amides is 1. The van der Waals surface area contributed by atoms with Gasteiger partial charge in [0, 0.05) is 18.6 Å². The molecule has 2 rings (SSSR count). The van der Waals surface area contributed by atoms with Crippen molar-refractivity contribution >= 4 is 6.09 Å². The minimum absolute atomic E-state index is 0.285. The van der Waals surface area contributed by atoms with E-state index in [-0.39, 0.29) is 6.09 Å². The topological polar surface area (TPSA) is 50.4 Å². The highest BCUT2D eigenvalue weighted by Crippen LogP contribution is 2.30. The van der Waals surface area contributed by atoms with Crippen molar-refractivity contribution in [2.24, 2.45) is 11.8 Å². The molecule has 2 aliphatic rings. The quantitative estimate of drug-likeness (QED) is 0.795. The highest BCUT2D eigenvalue weighted by molar-refractivity contribution is 5.67. The predicted octanol–water partition coefficient (Wildman–Crippen LogP) is 4.24. The lowest BCUT2D eigenvalue weighted by Crippen LogP contribution is -2.46. The first kappa shape index (κ1) is 18.6. The van der Waals surface area contributed by atoms with Gasteiger partial charge in [-0.05, 0) is 58.3 Å². The van der Waals surface area contributed by atoms with Gasteiger partial charge < -0.3 is 15.4 Å². The maximum atomic E-state index is 11.8. The lowest BCUT2D eigenvalue weighted by molar-refractivity contribution is 0.0516. The Morgan fingerprint density at radius 1 is 1.13 bits per heavy atom. The molecule has 0 radical (unpaired) electrons. The average molecular weight is 325 g/mol. The lowest BCUT2D eigenvalue weighted by atomic mass is 9.83. The molecule has 134 valence electrons. The third-order valence-corrected chi connectivity index (χ3v) is 5.38. The number of nitrogens with one attached hydrogen (secondary N) is 2. The van der Waals surface area contributed by atoms with Crippen LogP contribution in [-0.2, 0) is 4.74 Å². The van der Waals surface area contributed by atoms with E-state index in [9.17, 15) is 4.79 Å². The molecular formula is C19H36N2O2. The zero-order valence-corrected chi connectivity index (χ0v) is 15.5. The molecule has 0 saturated heterocycles. The Bertz CT molecular complexity index is 378. The van der Waals surface area contributed by atoms with Crippen molar-refractivity contribution in [2.45, 2.75) is 96.7 Å². The Labute approximate surface area is 142 Å². The van der Waals surface area contributed by atoms with Crippen molar-refractivity contribution in [3.63, 3.8) is 0 Å². The maximum absolute atomic E-state index is 11.8. The second kappa shape index (κ2) is 8.36. The molecule has 4 unspecified atom stereocenters. The standard InChI is InChI=1S/C19H36N2O2/c1-5-14-8-6-10-16(12-14)21-17-11-7-9-15(17)13-20-18(22)23-19(2,3)4/h14-17,21H,5-13H2,1-4H3,(H,20,22). The summed E-state index contributed by atoms with van der Waals surface area (Å²) in [6, 6.07) is 1.24. The fraction of sp³-hybridized carbons (Fsp3) is 0.947. The summed E-state index contributed by atoms with van der Waals surface area (Å²) in [4.78, 5) is 11.8. The molecule has 0 spiro atoms. The molecule has 1 amide bonds. The second-order valence-electron chi connectivity index (χ2n) is 8.48. The minimum Gasteiger partial charge on any atom is -0.444 e. The number of hydrogen-bond acceptors (Lipinski definition) is 3. The van der Waals surface area contributed by atoms with Crippen LogP contribution in [0.15, 0.2) is 0 Å². The summed E-state index contributed by atoms with van der Waals surface area (Å²) in [7, 11) is 0. The molecule has 0 bridgehead atoms. The van der Waals surface area contributed by atoms with Crippen LogP contribution in [0.2, 0.25) is 0 Å². The molecule has 23 heavy (non-hydrogen) atoms. The second-order valence-corrected chi connectivity index (χ2v) is 8.48. The highest BCUT2D eigenvalue weighted by Gasteiger charge is 2.31. The third-order valence-electron chi connectivity index (χ3n) is 5.38. The Morgan fingerprint density at radius 3 is 2.57 bits per heavy atom. The molecule has 2 saturated carbocycles. The Balaban J connectivity index is 1.75. The summed E-state index contributed by atoms with van der Waals surface area (Å²) in [5, 5.41) is 6.88. The number of alkyl carbamates (subject to hydrolysis) is 1. The van der Waals surface area contributed by atoms with Gasteiger partial charge in [0.15, 0.2) is 0 Å². The van der Waals surface area contributed by atoms with Crippen molar-refractivity contribution in [2.75, 3.05) is 6.54 Å². The van der Waals surface area contributed by atoms with Crippen molar-refractivity contribution in [3.05, 3.63) is 0 Å². The van der Waals surface area contributed by atoms with E-state index in [0.717, 1.165) is 12.5 Å². The Morgan fingerprint density at radius 2 is 1.87 bits per heavy atom. The molecule has 0 aromatic rings. The van der Waals surface area contributed by atoms with Gasteiger partial charge in [-0.15, -0.1) is 0 Å². The Hall–Kier alpha value is -0.770. The van der Waals surface area contributed by atoms with Gasteiger partial charge in [-0.25, -0.2) is 4.79 Å². The van der Waals surface area contributed by atoms with Gasteiger partial charge in [0.25, 0.3) is 0 Å². The van der Waals surface area contributed by atoms with Gasteiger partial charge in [-0.2, -0.15) is 0 Å². The van der Waals surface area contributed by atoms with Gasteiger partial charge >= 0.3 is 6.09 Å². The van der Waals surface area contributed by atoms with E-state index in [1.807, 2.05) is 20.8 Å². The summed E-state index contributed by atoms with van der Waals surface area (Å²) in [6.07, 6.45) is 10.2. The molecule has 2 aliphatic carbocycles. The zero-order chi connectivity index (χ0) is 16.9. The summed E-state index contributed by atoms with van der Waals surface area (Å²) < 4.78 is 5.34. The number of hydrogen-bond donors (Lipinski definition) is 2. The van der Waals surface area contributed by atoms with Gasteiger partial charge in [-0.3, -0.25) is 0 Å². The van der Waals surface area contributed by atoms with E-state index in [0.29, 0.717) is 18.0 Å². The SMILES string of the molecule is CCC1CCCC(NC2CCCC2CNC(=O)OC(C)(C)C)C1. The number of ether oxygens (including phenoxy) is 1. The van der Waals surface area contributed by atoms with Crippen LogP contribution in [0, 0.1) is 11.8 Å². The fourth-order valence-electron chi connectivity index (χ4n) is 4.15. The van der Waals surface area contributed by atoms with Crippen LogP contribution in [0.25, 0.3) is 0 Å². The third kappa shape index (κ3) is 6.33. The summed E-state index contributed by atoms with van der Waals surface area (Å²) in [6.45, 7) is 8.76. The fourth-order valence-corrected chi connectivity index (χ4v) is 4.15. The monoisotopic (exact) mass is 324 g/mol. The smallest absolute Gasteiger partial charge is 0.407 e. The van der Waals surface area contributed by atoms with Gasteiger partial charge in [-0.1, -0.05) is 32.6 Å². The molecule has 2 N–H and O–H groups in total. The largest absolute Gasteiger partial charge is 0.444 e. The van der Waals surface area contributed by atoms with E-state index in [1.54, 1.807) is 0 Å². The van der Waals surface area contributed by atoms with Crippen LogP contribution in [0.1, 0.15) is 79.1 Å². The highest BCUT2D eigenvalue weighted by atomic mass is 16.6. The number of rotatable bonds is 5. The molecule has 4 atom stereocenters. The van der Waals surface area contributed by atoms with Crippen LogP contribution < -0.4 is 10.6 Å². The number of carbonyl (C=O) groups excluding carboxylic acids is 1. The Kier molecular flexibility index (Phi) is 6.75. The molecule has 4 heteroatoms. The van der Waals surface area contributed by atoms with Crippen molar-refractivity contribution < 1.29 is 9.53 Å². The normalized spacial score (nSPS) is 31.8. The average Bonchev–Trinajstić information content (AvgIpc) is 2.91. The molecule has 4 nitrogen and oxygen atoms in total. The van der Waals surface area contributed by atoms with Crippen molar-refractivity contribution in [3.8, 4) is 0 Å². The van der Waals surface area contributed by atoms with Crippen LogP contribution >= 0.6 is 0 Å². The van der Waals surface area contributed by atoms with Gasteiger partial charge in [0.2, 0.25) is 0 Å². The van der Waals surface area contributed by atoms with Gasteiger partial charge in [0.1, 0.15) is 5.60 Å². The molecule has 0 aromatic heterocycles. The van der Waals surface area contributed by atoms with Crippen molar-refractivity contribution in [1.29, 1.82) is 0 Å². The number of carbonyl (C=O) groups is 1. The van der Waals surface area contributed by atoms with E-state index in [1.165, 1.54) is 51.4 Å². The predicted molar refractivity (Wildman–Crippen MR) is 94.5 cm³/mol. The summed E-state index contributed by atoms with van der Waals surface area (Å²) in [5.41, 5.74) is -0.422. The van der Waals surface area contributed by atoms with Crippen LogP contribution in [-0.4, -0.2) is 30.3 Å². The van der Waals surface area contributed by atoms with Crippen LogP contribution in [0.4, 0.5) is 4.79 Å². The van der Waals surface area contributed by atoms with E-state index < -0.39 is 5.60 Å². The minimum atomic E-state index is -0.422. The maximum Gasteiger partial charge on any atom is 0.407 e. The van der Waals surface area contributed by atoms with E-state index in [4.69, 9.17) is 4.74 Å². The van der Waals surface area contributed by atoms with Crippen LogP contribution in [0.5, 0.6) is 0 Å². The van der Waals surface area contributed by atoms with E-state index >= 15 is 0 Å². The summed E-state index contributed by atoms with van der Waals surface area (Å²) >= 11 is 0. The first-order valence-electron chi connectivity index (χ1n) is 9.60. The van der Waals surface area contributed by atoms with E-state index in [2.05, 4.69) is 17.6 Å². The molecule has 0 aromatic carbocycles. The molecular weight excluding hydrogens is 288 g/mol. The van der Waals surface area contributed by atoms with Crippen LogP contribution in [0.3, 0.4) is 0 Å². The summed E-state index contributed by atoms with van der Waals surface area (Å²) in [5.74, 6) is 1.45. The molecule has 0 heterocycles. The first-order valence-corrected chi connectivity index (χ1v) is 9.60. The van der Waals surface area contributed by atoms with Crippen molar-refractivity contribution in [1.82, 2.24) is 10.6 Å². The zero-order valence-electron chi connectivity index (χ0n) is 15.5. The molecule has 0 aliphatic heterocycles. The van der Waals surface area contributed by atoms with Gasteiger partial charge in [0.05, 0.1) is 0 Å². The first-order chi connectivity index (χ1) is 10.9. The molecule has 2 fully saturated rings. The lowest BCUT2D eigenvalue weighted by Gasteiger charge is -2.33.